The Morgan fingerprint density at radius 1 is 1.03 bits per heavy atom. The number of hydrazone groups is 1. The van der Waals surface area contributed by atoms with Gasteiger partial charge in [-0.3, -0.25) is 15.0 Å². The highest BCUT2D eigenvalue weighted by Gasteiger charge is 2.42. The van der Waals surface area contributed by atoms with Gasteiger partial charge in [-0.05, 0) is 48.7 Å². The van der Waals surface area contributed by atoms with Gasteiger partial charge in [-0.25, -0.2) is 0 Å². The van der Waals surface area contributed by atoms with Crippen LogP contribution in [-0.4, -0.2) is 40.1 Å². The maximum Gasteiger partial charge on any atom is 0.309 e. The Balaban J connectivity index is 1.71. The molecule has 0 spiro atoms. The van der Waals surface area contributed by atoms with E-state index in [1.807, 2.05) is 19.1 Å². The van der Waals surface area contributed by atoms with Crippen molar-refractivity contribution >= 4 is 52.1 Å². The molecule has 164 valence electrons. The Hall–Kier alpha value is -1.83. The quantitative estimate of drug-likeness (QED) is 0.442. The standard InChI is InChI=1S/C22H23Cl3N4O2/c1-14-20(22(30)29(31)27-11-3-2-4-12-27)26-28(19-10-9-17(24)13-18(19)25)21(14)15-5-7-16(23)8-6-15/h5-10,13-14,21,31H,2-4,11-12H2,1H3/t14-,21+/m0/s1. The molecule has 0 saturated carbocycles. The fourth-order valence-corrected chi connectivity index (χ4v) is 4.75. The minimum Gasteiger partial charge on any atom is -0.270 e. The Labute approximate surface area is 196 Å². The number of hydrogen-bond acceptors (Lipinski definition) is 5. The summed E-state index contributed by atoms with van der Waals surface area (Å²) in [6.07, 6.45) is 2.97. The van der Waals surface area contributed by atoms with Crippen molar-refractivity contribution in [2.75, 3.05) is 18.1 Å². The number of rotatable bonds is 4. The molecule has 0 unspecified atom stereocenters. The van der Waals surface area contributed by atoms with Crippen LogP contribution in [0.4, 0.5) is 5.69 Å². The normalized spacial score (nSPS) is 21.8. The van der Waals surface area contributed by atoms with Crippen LogP contribution in [0.5, 0.6) is 0 Å². The largest absolute Gasteiger partial charge is 0.309 e. The minimum absolute atomic E-state index is 0.263. The van der Waals surface area contributed by atoms with E-state index < -0.39 is 5.91 Å². The molecule has 1 fully saturated rings. The molecule has 0 aliphatic carbocycles. The molecule has 2 atom stereocenters. The number of carbonyl (C=O) groups is 1. The van der Waals surface area contributed by atoms with E-state index in [9.17, 15) is 10.0 Å². The first-order valence-electron chi connectivity index (χ1n) is 10.2. The van der Waals surface area contributed by atoms with Crippen LogP contribution in [0.15, 0.2) is 47.6 Å². The van der Waals surface area contributed by atoms with Gasteiger partial charge in [-0.2, -0.15) is 10.1 Å². The smallest absolute Gasteiger partial charge is 0.270 e. The monoisotopic (exact) mass is 480 g/mol. The number of hydrazine groups is 1. The number of amides is 1. The van der Waals surface area contributed by atoms with Gasteiger partial charge in [0.25, 0.3) is 0 Å². The highest BCUT2D eigenvalue weighted by Crippen LogP contribution is 2.42. The summed E-state index contributed by atoms with van der Waals surface area (Å²) in [6, 6.07) is 12.3. The third-order valence-electron chi connectivity index (χ3n) is 5.75. The van der Waals surface area contributed by atoms with Crippen molar-refractivity contribution in [2.45, 2.75) is 32.2 Å². The predicted octanol–water partition coefficient (Wildman–Crippen LogP) is 5.82. The molecule has 31 heavy (non-hydrogen) atoms. The van der Waals surface area contributed by atoms with Crippen LogP contribution in [0.3, 0.4) is 0 Å². The predicted molar refractivity (Wildman–Crippen MR) is 124 cm³/mol. The number of carbonyl (C=O) groups excluding carboxylic acids is 1. The first-order valence-corrected chi connectivity index (χ1v) is 11.4. The fraction of sp³-hybridized carbons (Fsp3) is 0.364. The van der Waals surface area contributed by atoms with E-state index >= 15 is 0 Å². The van der Waals surface area contributed by atoms with Gasteiger partial charge < -0.3 is 0 Å². The van der Waals surface area contributed by atoms with Gasteiger partial charge in [0.05, 0.1) is 16.8 Å². The van der Waals surface area contributed by atoms with E-state index in [1.54, 1.807) is 40.3 Å². The van der Waals surface area contributed by atoms with E-state index in [1.165, 1.54) is 0 Å². The molecule has 4 rings (SSSR count). The molecule has 2 aromatic carbocycles. The lowest BCUT2D eigenvalue weighted by Crippen LogP contribution is -2.50. The van der Waals surface area contributed by atoms with E-state index in [2.05, 4.69) is 5.10 Å². The summed E-state index contributed by atoms with van der Waals surface area (Å²) in [6.45, 7) is 3.19. The van der Waals surface area contributed by atoms with Gasteiger partial charge in [0.1, 0.15) is 5.71 Å². The van der Waals surface area contributed by atoms with Crippen LogP contribution in [0, 0.1) is 5.92 Å². The van der Waals surface area contributed by atoms with Gasteiger partial charge >= 0.3 is 5.91 Å². The Kier molecular flexibility index (Phi) is 6.74. The number of hydrogen-bond donors (Lipinski definition) is 1. The second-order valence-electron chi connectivity index (χ2n) is 7.82. The molecular weight excluding hydrogens is 459 g/mol. The molecule has 6 nitrogen and oxygen atoms in total. The zero-order chi connectivity index (χ0) is 22.1. The maximum atomic E-state index is 13.2. The molecule has 2 heterocycles. The average Bonchev–Trinajstić information content (AvgIpc) is 3.10. The number of benzene rings is 2. The lowest BCUT2D eigenvalue weighted by molar-refractivity contribution is -0.235. The van der Waals surface area contributed by atoms with Gasteiger partial charge in [0.2, 0.25) is 0 Å². The average molecular weight is 482 g/mol. The van der Waals surface area contributed by atoms with Gasteiger partial charge in [0, 0.05) is 29.1 Å². The lowest BCUT2D eigenvalue weighted by atomic mass is 9.91. The van der Waals surface area contributed by atoms with E-state index in [0.29, 0.717) is 33.8 Å². The Morgan fingerprint density at radius 2 is 1.68 bits per heavy atom. The number of nitrogens with zero attached hydrogens (tertiary/aromatic N) is 4. The summed E-state index contributed by atoms with van der Waals surface area (Å²) in [7, 11) is 0. The second-order valence-corrected chi connectivity index (χ2v) is 9.10. The molecule has 2 aliphatic heterocycles. The minimum atomic E-state index is -0.527. The van der Waals surface area contributed by atoms with E-state index in [0.717, 1.165) is 30.0 Å². The molecule has 1 amide bonds. The molecule has 2 aliphatic rings. The van der Waals surface area contributed by atoms with E-state index in [-0.39, 0.29) is 17.7 Å². The molecule has 0 radical (unpaired) electrons. The van der Waals surface area contributed by atoms with Gasteiger partial charge in [-0.1, -0.05) is 60.3 Å². The third-order valence-corrected chi connectivity index (χ3v) is 6.54. The summed E-state index contributed by atoms with van der Waals surface area (Å²) in [4.78, 5) is 13.2. The lowest BCUT2D eigenvalue weighted by Gasteiger charge is -2.32. The van der Waals surface area contributed by atoms with Crippen molar-refractivity contribution < 1.29 is 10.0 Å². The zero-order valence-corrected chi connectivity index (χ0v) is 19.3. The summed E-state index contributed by atoms with van der Waals surface area (Å²) in [5, 5.41) is 20.9. The van der Waals surface area contributed by atoms with Crippen molar-refractivity contribution in [3.05, 3.63) is 63.1 Å². The number of halogens is 3. The van der Waals surface area contributed by atoms with Crippen LogP contribution < -0.4 is 5.01 Å². The third kappa shape index (κ3) is 4.54. The number of anilines is 1. The first-order chi connectivity index (χ1) is 14.9. The van der Waals surface area contributed by atoms with Crippen molar-refractivity contribution in [3.8, 4) is 0 Å². The molecule has 1 saturated heterocycles. The van der Waals surface area contributed by atoms with Crippen molar-refractivity contribution in [2.24, 2.45) is 11.0 Å². The van der Waals surface area contributed by atoms with Gasteiger partial charge in [-0.15, -0.1) is 5.17 Å². The van der Waals surface area contributed by atoms with Crippen molar-refractivity contribution in [1.29, 1.82) is 0 Å². The molecular formula is C22H23Cl3N4O2. The van der Waals surface area contributed by atoms with Crippen LogP contribution in [-0.2, 0) is 4.79 Å². The Bertz CT molecular complexity index is 993. The Morgan fingerprint density at radius 3 is 2.32 bits per heavy atom. The van der Waals surface area contributed by atoms with Crippen LogP contribution >= 0.6 is 34.8 Å². The zero-order valence-electron chi connectivity index (χ0n) is 17.0. The second kappa shape index (κ2) is 9.35. The van der Waals surface area contributed by atoms with Crippen LogP contribution in [0.25, 0.3) is 0 Å². The summed E-state index contributed by atoms with van der Waals surface area (Å²) >= 11 is 18.6. The van der Waals surface area contributed by atoms with Crippen LogP contribution in [0.1, 0.15) is 37.8 Å². The van der Waals surface area contributed by atoms with Crippen molar-refractivity contribution in [3.63, 3.8) is 0 Å². The van der Waals surface area contributed by atoms with Gasteiger partial charge in [0.15, 0.2) is 0 Å². The topological polar surface area (TPSA) is 59.4 Å². The number of piperidine rings is 1. The number of hydroxylamine groups is 1. The summed E-state index contributed by atoms with van der Waals surface area (Å²) < 4.78 is 0. The molecule has 1 N–H and O–H groups in total. The summed E-state index contributed by atoms with van der Waals surface area (Å²) in [5.41, 5.74) is 1.82. The highest BCUT2D eigenvalue weighted by atomic mass is 35.5. The molecule has 0 aromatic heterocycles. The highest BCUT2D eigenvalue weighted by molar-refractivity contribution is 6.40. The fourth-order valence-electron chi connectivity index (χ4n) is 4.13. The summed E-state index contributed by atoms with van der Waals surface area (Å²) in [5.74, 6) is -0.833. The van der Waals surface area contributed by atoms with E-state index in [4.69, 9.17) is 34.8 Å². The maximum absolute atomic E-state index is 13.2. The van der Waals surface area contributed by atoms with Crippen LogP contribution in [0.2, 0.25) is 15.1 Å². The SMILES string of the molecule is C[C@H]1C(C(=O)N(O)N2CCCCC2)=NN(c2ccc(Cl)cc2Cl)[C@H]1c1ccc(Cl)cc1. The first kappa shape index (κ1) is 22.4. The molecule has 9 heteroatoms. The van der Waals surface area contributed by atoms with Crippen molar-refractivity contribution in [1.82, 2.24) is 10.2 Å². The molecule has 0 bridgehead atoms. The molecule has 2 aromatic rings.